The highest BCUT2D eigenvalue weighted by atomic mass is 19.2. The van der Waals surface area contributed by atoms with Gasteiger partial charge in [0.25, 0.3) is 5.91 Å². The molecule has 0 radical (unpaired) electrons. The summed E-state index contributed by atoms with van der Waals surface area (Å²) in [5, 5.41) is 3.28. The van der Waals surface area contributed by atoms with Crippen LogP contribution in [-0.2, 0) is 0 Å². The van der Waals surface area contributed by atoms with Gasteiger partial charge >= 0.3 is 0 Å². The summed E-state index contributed by atoms with van der Waals surface area (Å²) in [6.45, 7) is 2.05. The summed E-state index contributed by atoms with van der Waals surface area (Å²) in [5.41, 5.74) is -0.142. The summed E-state index contributed by atoms with van der Waals surface area (Å²) in [7, 11) is 0. The molecule has 1 aromatic carbocycles. The van der Waals surface area contributed by atoms with Gasteiger partial charge in [0.2, 0.25) is 0 Å². The highest BCUT2D eigenvalue weighted by Crippen LogP contribution is 2.26. The quantitative estimate of drug-likeness (QED) is 0.785. The van der Waals surface area contributed by atoms with Gasteiger partial charge in [0.15, 0.2) is 17.5 Å². The molecule has 102 valence electrons. The molecule has 2 aliphatic rings. The van der Waals surface area contributed by atoms with Gasteiger partial charge in [0, 0.05) is 24.7 Å². The average Bonchev–Trinajstić information content (AvgIpc) is 2.94. The fourth-order valence-electron chi connectivity index (χ4n) is 2.88. The van der Waals surface area contributed by atoms with Crippen molar-refractivity contribution in [1.29, 1.82) is 0 Å². The maximum absolute atomic E-state index is 13.1. The van der Waals surface area contributed by atoms with Crippen LogP contribution in [0.2, 0.25) is 0 Å². The Labute approximate surface area is 108 Å². The van der Waals surface area contributed by atoms with Gasteiger partial charge in [-0.05, 0) is 31.0 Å². The molecule has 0 aliphatic carbocycles. The Kier molecular flexibility index (Phi) is 2.97. The molecule has 6 heteroatoms. The van der Waals surface area contributed by atoms with Crippen LogP contribution < -0.4 is 5.32 Å². The van der Waals surface area contributed by atoms with E-state index in [1.165, 1.54) is 0 Å². The van der Waals surface area contributed by atoms with Crippen molar-refractivity contribution in [3.05, 3.63) is 35.1 Å². The number of likely N-dealkylation sites (tertiary alicyclic amines) is 1. The van der Waals surface area contributed by atoms with Gasteiger partial charge in [0.1, 0.15) is 0 Å². The number of hydrogen-bond donors (Lipinski definition) is 1. The zero-order valence-corrected chi connectivity index (χ0v) is 10.1. The minimum absolute atomic E-state index is 0.142. The van der Waals surface area contributed by atoms with Gasteiger partial charge in [-0.3, -0.25) is 4.79 Å². The minimum Gasteiger partial charge on any atom is -0.337 e. The predicted molar refractivity (Wildman–Crippen MR) is 62.1 cm³/mol. The molecule has 19 heavy (non-hydrogen) atoms. The summed E-state index contributed by atoms with van der Waals surface area (Å²) >= 11 is 0. The van der Waals surface area contributed by atoms with Gasteiger partial charge in [-0.15, -0.1) is 0 Å². The predicted octanol–water partition coefficient (Wildman–Crippen LogP) is 1.54. The molecule has 2 heterocycles. The van der Waals surface area contributed by atoms with Crippen LogP contribution >= 0.6 is 0 Å². The number of nitrogens with one attached hydrogen (secondary N) is 1. The van der Waals surface area contributed by atoms with Crippen molar-refractivity contribution >= 4 is 5.91 Å². The van der Waals surface area contributed by atoms with E-state index < -0.39 is 23.4 Å². The Bertz CT molecular complexity index is 500. The van der Waals surface area contributed by atoms with E-state index in [2.05, 4.69) is 5.32 Å². The van der Waals surface area contributed by atoms with Crippen LogP contribution in [0, 0.1) is 23.4 Å². The first-order chi connectivity index (χ1) is 9.06. The first-order valence-electron chi connectivity index (χ1n) is 6.23. The number of carbonyl (C=O) groups is 1. The molecule has 3 rings (SSSR count). The lowest BCUT2D eigenvalue weighted by molar-refractivity contribution is 0.0781. The molecule has 2 saturated heterocycles. The molecule has 0 aromatic heterocycles. The summed E-state index contributed by atoms with van der Waals surface area (Å²) in [6.07, 6.45) is 1.00. The average molecular weight is 270 g/mol. The number of amides is 1. The first-order valence-corrected chi connectivity index (χ1v) is 6.23. The van der Waals surface area contributed by atoms with Crippen LogP contribution in [0.25, 0.3) is 0 Å². The zero-order valence-electron chi connectivity index (χ0n) is 10.1. The molecule has 2 atom stereocenters. The molecule has 0 spiro atoms. The molecule has 0 unspecified atom stereocenters. The van der Waals surface area contributed by atoms with E-state index in [0.717, 1.165) is 25.1 Å². The Hall–Kier alpha value is -1.56. The lowest BCUT2D eigenvalue weighted by Gasteiger charge is -2.17. The number of fused-ring (bicyclic) bond motifs is 1. The first kappa shape index (κ1) is 12.5. The van der Waals surface area contributed by atoms with Crippen LogP contribution in [-0.4, -0.2) is 36.5 Å². The van der Waals surface area contributed by atoms with Crippen LogP contribution in [0.4, 0.5) is 13.2 Å². The molecule has 3 nitrogen and oxygen atoms in total. The Balaban J connectivity index is 1.81. The van der Waals surface area contributed by atoms with Crippen molar-refractivity contribution in [2.75, 3.05) is 19.6 Å². The van der Waals surface area contributed by atoms with Crippen molar-refractivity contribution < 1.29 is 18.0 Å². The number of carbonyl (C=O) groups excluding carboxylic acids is 1. The second-order valence-corrected chi connectivity index (χ2v) is 5.07. The summed E-state index contributed by atoms with van der Waals surface area (Å²) < 4.78 is 39.1. The second kappa shape index (κ2) is 4.52. The standard InChI is InChI=1S/C13H13F3N2O/c14-9-3-8(4-10(15)12(9)16)13(19)18-5-7-1-2-17-11(7)6-18/h3-4,7,11,17H,1-2,5-6H2/t7-,11+/m0/s1. The molecular formula is C13H13F3N2O. The maximum Gasteiger partial charge on any atom is 0.254 e. The fraction of sp³-hybridized carbons (Fsp3) is 0.462. The summed E-state index contributed by atoms with van der Waals surface area (Å²) in [4.78, 5) is 13.7. The van der Waals surface area contributed by atoms with E-state index in [1.54, 1.807) is 4.90 Å². The van der Waals surface area contributed by atoms with E-state index >= 15 is 0 Å². The third-order valence-corrected chi connectivity index (χ3v) is 3.88. The van der Waals surface area contributed by atoms with Crippen molar-refractivity contribution in [3.8, 4) is 0 Å². The minimum atomic E-state index is -1.54. The van der Waals surface area contributed by atoms with Gasteiger partial charge < -0.3 is 10.2 Å². The fourth-order valence-corrected chi connectivity index (χ4v) is 2.88. The van der Waals surface area contributed by atoms with Crippen molar-refractivity contribution in [1.82, 2.24) is 10.2 Å². The molecular weight excluding hydrogens is 257 g/mol. The van der Waals surface area contributed by atoms with Crippen LogP contribution in [0.15, 0.2) is 12.1 Å². The van der Waals surface area contributed by atoms with E-state index in [1.807, 2.05) is 0 Å². The lowest BCUT2D eigenvalue weighted by Crippen LogP contribution is -2.34. The molecule has 0 bridgehead atoms. The third-order valence-electron chi connectivity index (χ3n) is 3.88. The molecule has 1 amide bonds. The third kappa shape index (κ3) is 2.10. The second-order valence-electron chi connectivity index (χ2n) is 5.07. The van der Waals surface area contributed by atoms with Crippen molar-refractivity contribution in [2.24, 2.45) is 5.92 Å². The van der Waals surface area contributed by atoms with Crippen LogP contribution in [0.1, 0.15) is 16.8 Å². The van der Waals surface area contributed by atoms with Gasteiger partial charge in [-0.1, -0.05) is 0 Å². The smallest absolute Gasteiger partial charge is 0.254 e. The number of rotatable bonds is 1. The summed E-state index contributed by atoms with van der Waals surface area (Å²) in [6, 6.07) is 1.77. The van der Waals surface area contributed by atoms with Crippen molar-refractivity contribution in [3.63, 3.8) is 0 Å². The van der Waals surface area contributed by atoms with Crippen LogP contribution in [0.5, 0.6) is 0 Å². The van der Waals surface area contributed by atoms with E-state index in [-0.39, 0.29) is 11.6 Å². The number of nitrogens with zero attached hydrogens (tertiary/aromatic N) is 1. The molecule has 2 aliphatic heterocycles. The molecule has 1 aromatic rings. The van der Waals surface area contributed by atoms with E-state index in [0.29, 0.717) is 19.0 Å². The normalized spacial score (nSPS) is 25.7. The highest BCUT2D eigenvalue weighted by molar-refractivity contribution is 5.94. The monoisotopic (exact) mass is 270 g/mol. The number of benzene rings is 1. The molecule has 0 saturated carbocycles. The van der Waals surface area contributed by atoms with Crippen molar-refractivity contribution in [2.45, 2.75) is 12.5 Å². The highest BCUT2D eigenvalue weighted by Gasteiger charge is 2.38. The van der Waals surface area contributed by atoms with Gasteiger partial charge in [-0.25, -0.2) is 13.2 Å². The largest absolute Gasteiger partial charge is 0.337 e. The van der Waals surface area contributed by atoms with E-state index in [9.17, 15) is 18.0 Å². The van der Waals surface area contributed by atoms with Gasteiger partial charge in [0.05, 0.1) is 0 Å². The maximum atomic E-state index is 13.1. The SMILES string of the molecule is O=C(c1cc(F)c(F)c(F)c1)N1C[C@@H]2CCN[C@@H]2C1. The lowest BCUT2D eigenvalue weighted by atomic mass is 10.1. The Morgan fingerprint density at radius 1 is 1.21 bits per heavy atom. The molecule has 2 fully saturated rings. The zero-order chi connectivity index (χ0) is 13.6. The Morgan fingerprint density at radius 2 is 1.89 bits per heavy atom. The van der Waals surface area contributed by atoms with Gasteiger partial charge in [-0.2, -0.15) is 0 Å². The Morgan fingerprint density at radius 3 is 2.53 bits per heavy atom. The molecule has 1 N–H and O–H groups in total. The number of halogens is 3. The topological polar surface area (TPSA) is 32.3 Å². The van der Waals surface area contributed by atoms with E-state index in [4.69, 9.17) is 0 Å². The number of hydrogen-bond acceptors (Lipinski definition) is 2. The van der Waals surface area contributed by atoms with Crippen LogP contribution in [0.3, 0.4) is 0 Å². The summed E-state index contributed by atoms with van der Waals surface area (Å²) in [5.74, 6) is -4.26.